The summed E-state index contributed by atoms with van der Waals surface area (Å²) in [6.45, 7) is 0. The molecule has 62 valence electrons. The number of nitrogens with two attached hydrogens (primary N) is 2. The average molecular weight is 158 g/mol. The van der Waals surface area contributed by atoms with E-state index in [1.807, 2.05) is 0 Å². The summed E-state index contributed by atoms with van der Waals surface area (Å²) >= 11 is 0. The van der Waals surface area contributed by atoms with Crippen LogP contribution in [0, 0.1) is 0 Å². The van der Waals surface area contributed by atoms with E-state index in [1.54, 1.807) is 0 Å². The van der Waals surface area contributed by atoms with Gasteiger partial charge < -0.3 is 21.9 Å². The standard InChI is InChI=1S/C5H10N4O2/c1-9-4(10)2(6)3(7)8-5(9)11/h5,8,11H,6-7H2,1H3. The zero-order valence-corrected chi connectivity index (χ0v) is 6.03. The number of aliphatic hydroxyl groups excluding tert-OH is 1. The molecule has 11 heavy (non-hydrogen) atoms. The number of nitrogens with one attached hydrogen (secondary N) is 1. The average Bonchev–Trinajstić information content (AvgIpc) is 1.97. The van der Waals surface area contributed by atoms with Gasteiger partial charge in [-0.1, -0.05) is 0 Å². The van der Waals surface area contributed by atoms with Crippen LogP contribution in [0.15, 0.2) is 11.5 Å². The summed E-state index contributed by atoms with van der Waals surface area (Å²) < 4.78 is 0. The monoisotopic (exact) mass is 158 g/mol. The zero-order valence-electron chi connectivity index (χ0n) is 6.03. The van der Waals surface area contributed by atoms with Crippen LogP contribution in [0.2, 0.25) is 0 Å². The molecule has 6 nitrogen and oxygen atoms in total. The molecule has 1 unspecified atom stereocenters. The van der Waals surface area contributed by atoms with Crippen molar-refractivity contribution in [3.05, 3.63) is 11.5 Å². The number of hydrogen-bond acceptors (Lipinski definition) is 5. The third kappa shape index (κ3) is 1.07. The molecular weight excluding hydrogens is 148 g/mol. The molecule has 6 heteroatoms. The van der Waals surface area contributed by atoms with Crippen LogP contribution in [0.3, 0.4) is 0 Å². The molecule has 0 aromatic rings. The van der Waals surface area contributed by atoms with Gasteiger partial charge in [-0.2, -0.15) is 0 Å². The zero-order chi connectivity index (χ0) is 8.59. The Kier molecular flexibility index (Phi) is 1.61. The van der Waals surface area contributed by atoms with Crippen molar-refractivity contribution in [1.29, 1.82) is 0 Å². The van der Waals surface area contributed by atoms with Crippen molar-refractivity contribution >= 4 is 5.91 Å². The number of aliphatic hydroxyl groups is 1. The smallest absolute Gasteiger partial charge is 0.276 e. The summed E-state index contributed by atoms with van der Waals surface area (Å²) in [5.74, 6) is -0.464. The van der Waals surface area contributed by atoms with E-state index in [4.69, 9.17) is 16.6 Å². The molecule has 0 spiro atoms. The van der Waals surface area contributed by atoms with Crippen LogP contribution in [-0.4, -0.2) is 29.3 Å². The van der Waals surface area contributed by atoms with Crippen molar-refractivity contribution < 1.29 is 9.90 Å². The lowest BCUT2D eigenvalue weighted by Crippen LogP contribution is -2.54. The highest BCUT2D eigenvalue weighted by atomic mass is 16.3. The summed E-state index contributed by atoms with van der Waals surface area (Å²) in [7, 11) is 1.42. The maximum atomic E-state index is 11.0. The van der Waals surface area contributed by atoms with Crippen LogP contribution < -0.4 is 16.8 Å². The Labute approximate surface area is 63.4 Å². The van der Waals surface area contributed by atoms with Crippen molar-refractivity contribution in [2.75, 3.05) is 7.05 Å². The number of carbonyl (C=O) groups is 1. The molecule has 0 fully saturated rings. The van der Waals surface area contributed by atoms with Gasteiger partial charge in [0.15, 0.2) is 0 Å². The number of nitrogens with zero attached hydrogens (tertiary/aromatic N) is 1. The van der Waals surface area contributed by atoms with Crippen LogP contribution in [0.25, 0.3) is 0 Å². The fourth-order valence-corrected chi connectivity index (χ4v) is 0.730. The van der Waals surface area contributed by atoms with E-state index in [2.05, 4.69) is 5.32 Å². The first-order valence-corrected chi connectivity index (χ1v) is 3.01. The van der Waals surface area contributed by atoms with Crippen molar-refractivity contribution in [2.45, 2.75) is 6.35 Å². The second-order valence-corrected chi connectivity index (χ2v) is 2.26. The van der Waals surface area contributed by atoms with Crippen molar-refractivity contribution in [2.24, 2.45) is 11.5 Å². The van der Waals surface area contributed by atoms with E-state index in [0.717, 1.165) is 4.90 Å². The molecule has 1 atom stereocenters. The lowest BCUT2D eigenvalue weighted by atomic mass is 10.3. The molecule has 0 saturated carbocycles. The molecule has 6 N–H and O–H groups in total. The van der Waals surface area contributed by atoms with Gasteiger partial charge in [-0.25, -0.2) is 0 Å². The lowest BCUT2D eigenvalue weighted by molar-refractivity contribution is -0.138. The first kappa shape index (κ1) is 7.67. The van der Waals surface area contributed by atoms with E-state index in [-0.39, 0.29) is 11.5 Å². The largest absolute Gasteiger partial charge is 0.391 e. The molecule has 0 saturated heterocycles. The summed E-state index contributed by atoms with van der Waals surface area (Å²) in [5.41, 5.74) is 10.5. The SMILES string of the molecule is CN1C(=O)C(N)=C(N)NC1O. The summed E-state index contributed by atoms with van der Waals surface area (Å²) in [6, 6.07) is 0. The Morgan fingerprint density at radius 3 is 2.73 bits per heavy atom. The predicted molar refractivity (Wildman–Crippen MR) is 37.3 cm³/mol. The van der Waals surface area contributed by atoms with E-state index in [0.29, 0.717) is 0 Å². The number of carbonyl (C=O) groups excluding carboxylic acids is 1. The molecule has 1 aliphatic rings. The minimum atomic E-state index is -1.09. The first-order valence-electron chi connectivity index (χ1n) is 3.01. The number of hydrogen-bond donors (Lipinski definition) is 4. The summed E-state index contributed by atoms with van der Waals surface area (Å²) in [6.07, 6.45) is -1.09. The van der Waals surface area contributed by atoms with Crippen LogP contribution in [0.5, 0.6) is 0 Å². The van der Waals surface area contributed by atoms with Gasteiger partial charge in [-0.15, -0.1) is 0 Å². The van der Waals surface area contributed by atoms with Gasteiger partial charge in [-0.05, 0) is 0 Å². The van der Waals surface area contributed by atoms with Crippen molar-refractivity contribution in [3.8, 4) is 0 Å². The highest BCUT2D eigenvalue weighted by Crippen LogP contribution is 2.04. The lowest BCUT2D eigenvalue weighted by Gasteiger charge is -2.30. The van der Waals surface area contributed by atoms with Gasteiger partial charge in [0.2, 0.25) is 6.35 Å². The quantitative estimate of drug-likeness (QED) is 0.309. The second kappa shape index (κ2) is 2.31. The van der Waals surface area contributed by atoms with Gasteiger partial charge in [0.1, 0.15) is 11.5 Å². The fraction of sp³-hybridized carbons (Fsp3) is 0.400. The number of likely N-dealkylation sites (N-methyl/N-ethyl adjacent to an activating group) is 1. The fourth-order valence-electron chi connectivity index (χ4n) is 0.730. The van der Waals surface area contributed by atoms with E-state index in [9.17, 15) is 4.79 Å². The molecule has 1 heterocycles. The highest BCUT2D eigenvalue weighted by molar-refractivity contribution is 5.93. The molecule has 1 aliphatic heterocycles. The van der Waals surface area contributed by atoms with Gasteiger partial charge in [0, 0.05) is 7.05 Å². The number of rotatable bonds is 0. The molecule has 0 bridgehead atoms. The Hall–Kier alpha value is -1.43. The molecular formula is C5H10N4O2. The van der Waals surface area contributed by atoms with Crippen LogP contribution in [0.4, 0.5) is 0 Å². The summed E-state index contributed by atoms with van der Waals surface area (Å²) in [5, 5.41) is 11.5. The summed E-state index contributed by atoms with van der Waals surface area (Å²) in [4.78, 5) is 12.1. The minimum Gasteiger partial charge on any atom is -0.391 e. The third-order valence-corrected chi connectivity index (χ3v) is 1.49. The van der Waals surface area contributed by atoms with Crippen LogP contribution in [0.1, 0.15) is 0 Å². The maximum absolute atomic E-state index is 11.0. The number of amides is 1. The van der Waals surface area contributed by atoms with E-state index >= 15 is 0 Å². The Morgan fingerprint density at radius 1 is 1.64 bits per heavy atom. The highest BCUT2D eigenvalue weighted by Gasteiger charge is 2.26. The second-order valence-electron chi connectivity index (χ2n) is 2.26. The topological polar surface area (TPSA) is 105 Å². The van der Waals surface area contributed by atoms with Crippen LogP contribution in [-0.2, 0) is 4.79 Å². The van der Waals surface area contributed by atoms with Gasteiger partial charge >= 0.3 is 0 Å². The van der Waals surface area contributed by atoms with Gasteiger partial charge in [0.05, 0.1) is 0 Å². The van der Waals surface area contributed by atoms with E-state index in [1.165, 1.54) is 7.05 Å². The Bertz CT molecular complexity index is 225. The third-order valence-electron chi connectivity index (χ3n) is 1.49. The predicted octanol–water partition coefficient (Wildman–Crippen LogP) is -2.59. The molecule has 0 aromatic carbocycles. The van der Waals surface area contributed by atoms with Gasteiger partial charge in [0.25, 0.3) is 5.91 Å². The van der Waals surface area contributed by atoms with Crippen molar-refractivity contribution in [3.63, 3.8) is 0 Å². The maximum Gasteiger partial charge on any atom is 0.276 e. The van der Waals surface area contributed by atoms with Crippen LogP contribution >= 0.6 is 0 Å². The molecule has 0 aromatic heterocycles. The molecule has 0 radical (unpaired) electrons. The van der Waals surface area contributed by atoms with E-state index < -0.39 is 12.3 Å². The molecule has 1 rings (SSSR count). The Balaban J connectivity index is 2.95. The first-order chi connectivity index (χ1) is 5.04. The molecule has 0 aliphatic carbocycles. The molecule has 1 amide bonds. The normalized spacial score (nSPS) is 25.5. The van der Waals surface area contributed by atoms with Gasteiger partial charge in [-0.3, -0.25) is 9.69 Å². The minimum absolute atomic E-state index is 0.0144. The van der Waals surface area contributed by atoms with Crippen molar-refractivity contribution in [1.82, 2.24) is 10.2 Å². The Morgan fingerprint density at radius 2 is 2.18 bits per heavy atom.